The zero-order valence-corrected chi connectivity index (χ0v) is 28.4. The highest BCUT2D eigenvalue weighted by Gasteiger charge is 2.26. The van der Waals surface area contributed by atoms with Gasteiger partial charge in [0.25, 0.3) is 0 Å². The highest BCUT2D eigenvalue weighted by molar-refractivity contribution is 5.76. The Morgan fingerprint density at radius 2 is 0.810 bits per heavy atom. The standard InChI is InChI=1S/C37H75NO4/c1-3-5-7-9-11-13-15-17-18-19-20-21-23-25-27-29-31-35(40)37(42)34(33-39)38-36(41)32-30-28-26-24-22-16-14-12-10-8-6-4-2/h34-35,37,39-40,42H,3-33H2,1-2H3,(H,38,41). The van der Waals surface area contributed by atoms with E-state index < -0.39 is 18.2 Å². The van der Waals surface area contributed by atoms with Gasteiger partial charge in [-0.25, -0.2) is 0 Å². The SMILES string of the molecule is CCCCCCCCCCCCCCCCCCC(O)C(O)C(CO)NC(=O)CCCCCCCCCCCCCC. The van der Waals surface area contributed by atoms with E-state index in [0.29, 0.717) is 12.8 Å². The monoisotopic (exact) mass is 598 g/mol. The number of hydrogen-bond donors (Lipinski definition) is 4. The number of nitrogens with one attached hydrogen (secondary N) is 1. The molecule has 0 heterocycles. The van der Waals surface area contributed by atoms with Crippen molar-refractivity contribution >= 4 is 5.91 Å². The van der Waals surface area contributed by atoms with Crippen LogP contribution in [0.1, 0.15) is 206 Å². The van der Waals surface area contributed by atoms with Crippen LogP contribution in [0.5, 0.6) is 0 Å². The third-order valence-electron chi connectivity index (χ3n) is 8.96. The van der Waals surface area contributed by atoms with Gasteiger partial charge in [0.2, 0.25) is 5.91 Å². The summed E-state index contributed by atoms with van der Waals surface area (Å²) in [4.78, 5) is 12.3. The van der Waals surface area contributed by atoms with Gasteiger partial charge in [0, 0.05) is 6.42 Å². The molecule has 5 nitrogen and oxygen atoms in total. The van der Waals surface area contributed by atoms with Crippen molar-refractivity contribution in [2.24, 2.45) is 0 Å². The summed E-state index contributed by atoms with van der Waals surface area (Å²) in [6.07, 6.45) is 34.8. The highest BCUT2D eigenvalue weighted by atomic mass is 16.3. The third kappa shape index (κ3) is 28.1. The first-order chi connectivity index (χ1) is 20.6. The largest absolute Gasteiger partial charge is 0.394 e. The number of carbonyl (C=O) groups is 1. The van der Waals surface area contributed by atoms with Crippen molar-refractivity contribution in [2.75, 3.05) is 6.61 Å². The van der Waals surface area contributed by atoms with E-state index >= 15 is 0 Å². The van der Waals surface area contributed by atoms with Gasteiger partial charge in [-0.3, -0.25) is 4.79 Å². The molecule has 0 rings (SSSR count). The molecule has 0 saturated carbocycles. The van der Waals surface area contributed by atoms with E-state index in [9.17, 15) is 20.1 Å². The van der Waals surface area contributed by atoms with E-state index in [1.807, 2.05) is 0 Å². The van der Waals surface area contributed by atoms with Crippen molar-refractivity contribution in [3.05, 3.63) is 0 Å². The van der Waals surface area contributed by atoms with Crippen molar-refractivity contribution in [3.8, 4) is 0 Å². The van der Waals surface area contributed by atoms with Crippen LogP contribution < -0.4 is 5.32 Å². The summed E-state index contributed by atoms with van der Waals surface area (Å²) in [6, 6.07) is -0.800. The minimum absolute atomic E-state index is 0.144. The maximum atomic E-state index is 12.3. The summed E-state index contributed by atoms with van der Waals surface area (Å²) in [5.74, 6) is -0.144. The van der Waals surface area contributed by atoms with Crippen molar-refractivity contribution < 1.29 is 20.1 Å². The smallest absolute Gasteiger partial charge is 0.220 e. The Morgan fingerprint density at radius 3 is 1.14 bits per heavy atom. The zero-order valence-electron chi connectivity index (χ0n) is 28.4. The molecule has 3 unspecified atom stereocenters. The fourth-order valence-electron chi connectivity index (χ4n) is 5.99. The molecule has 0 saturated heterocycles. The van der Waals surface area contributed by atoms with Gasteiger partial charge in [0.1, 0.15) is 6.10 Å². The summed E-state index contributed by atoms with van der Waals surface area (Å²) < 4.78 is 0. The number of unbranched alkanes of at least 4 members (excludes halogenated alkanes) is 26. The Labute approximate surface area is 262 Å². The third-order valence-corrected chi connectivity index (χ3v) is 8.96. The number of aliphatic hydroxyl groups is 3. The predicted molar refractivity (Wildman–Crippen MR) is 181 cm³/mol. The van der Waals surface area contributed by atoms with E-state index in [2.05, 4.69) is 19.2 Å². The second-order valence-corrected chi connectivity index (χ2v) is 13.1. The van der Waals surface area contributed by atoms with Crippen LogP contribution in [0.3, 0.4) is 0 Å². The molecule has 0 aliphatic heterocycles. The number of aliphatic hydroxyl groups excluding tert-OH is 3. The summed E-state index contributed by atoms with van der Waals surface area (Å²) in [5.41, 5.74) is 0. The van der Waals surface area contributed by atoms with Crippen molar-refractivity contribution in [2.45, 2.75) is 225 Å². The Balaban J connectivity index is 3.65. The van der Waals surface area contributed by atoms with Gasteiger partial charge in [-0.2, -0.15) is 0 Å². The van der Waals surface area contributed by atoms with Crippen LogP contribution in [-0.4, -0.2) is 46.1 Å². The molecule has 252 valence electrons. The normalized spacial score (nSPS) is 13.7. The van der Waals surface area contributed by atoms with Crippen molar-refractivity contribution in [1.82, 2.24) is 5.32 Å². The molecule has 0 radical (unpaired) electrons. The summed E-state index contributed by atoms with van der Waals surface area (Å²) in [5, 5.41) is 33.4. The summed E-state index contributed by atoms with van der Waals surface area (Å²) in [6.45, 7) is 4.17. The van der Waals surface area contributed by atoms with Gasteiger partial charge < -0.3 is 20.6 Å². The molecule has 4 N–H and O–H groups in total. The Morgan fingerprint density at radius 1 is 0.500 bits per heavy atom. The van der Waals surface area contributed by atoms with Crippen molar-refractivity contribution in [1.29, 1.82) is 0 Å². The lowest BCUT2D eigenvalue weighted by molar-refractivity contribution is -0.124. The maximum absolute atomic E-state index is 12.3. The van der Waals surface area contributed by atoms with Gasteiger partial charge in [0.15, 0.2) is 0 Å². The fourth-order valence-corrected chi connectivity index (χ4v) is 5.99. The van der Waals surface area contributed by atoms with Crippen LogP contribution >= 0.6 is 0 Å². The molecule has 0 spiro atoms. The molecule has 0 aromatic carbocycles. The lowest BCUT2D eigenvalue weighted by atomic mass is 9.99. The Hall–Kier alpha value is -0.650. The molecule has 0 aromatic heterocycles. The minimum Gasteiger partial charge on any atom is -0.394 e. The van der Waals surface area contributed by atoms with E-state index in [1.54, 1.807) is 0 Å². The van der Waals surface area contributed by atoms with Gasteiger partial charge in [-0.15, -0.1) is 0 Å². The molecule has 0 fully saturated rings. The number of carbonyl (C=O) groups excluding carboxylic acids is 1. The Bertz CT molecular complexity index is 544. The van der Waals surface area contributed by atoms with E-state index in [4.69, 9.17) is 0 Å². The topological polar surface area (TPSA) is 89.8 Å². The van der Waals surface area contributed by atoms with E-state index in [1.165, 1.54) is 148 Å². The molecule has 0 aliphatic rings. The molecule has 0 aromatic rings. The van der Waals surface area contributed by atoms with E-state index in [0.717, 1.165) is 32.1 Å². The number of amides is 1. The second kappa shape index (κ2) is 33.2. The first-order valence-electron chi connectivity index (χ1n) is 18.8. The Kier molecular flexibility index (Phi) is 32.7. The van der Waals surface area contributed by atoms with Crippen LogP contribution in [0.2, 0.25) is 0 Å². The summed E-state index contributed by atoms with van der Waals surface area (Å²) >= 11 is 0. The first kappa shape index (κ1) is 41.4. The number of rotatable bonds is 34. The van der Waals surface area contributed by atoms with Crippen LogP contribution in [0.15, 0.2) is 0 Å². The van der Waals surface area contributed by atoms with Gasteiger partial charge in [-0.05, 0) is 12.8 Å². The fraction of sp³-hybridized carbons (Fsp3) is 0.973. The zero-order chi connectivity index (χ0) is 30.9. The van der Waals surface area contributed by atoms with E-state index in [-0.39, 0.29) is 12.5 Å². The maximum Gasteiger partial charge on any atom is 0.220 e. The van der Waals surface area contributed by atoms with Gasteiger partial charge in [0.05, 0.1) is 18.8 Å². The molecule has 1 amide bonds. The molecule has 5 heteroatoms. The predicted octanol–water partition coefficient (Wildman–Crippen LogP) is 9.93. The lowest BCUT2D eigenvalue weighted by Crippen LogP contribution is -2.50. The average Bonchev–Trinajstić information content (AvgIpc) is 2.99. The lowest BCUT2D eigenvalue weighted by Gasteiger charge is -2.26. The van der Waals surface area contributed by atoms with Crippen LogP contribution in [0, 0.1) is 0 Å². The van der Waals surface area contributed by atoms with Crippen LogP contribution in [0.4, 0.5) is 0 Å². The van der Waals surface area contributed by atoms with Gasteiger partial charge >= 0.3 is 0 Å². The molecular weight excluding hydrogens is 522 g/mol. The molecule has 0 bridgehead atoms. The van der Waals surface area contributed by atoms with Gasteiger partial charge in [-0.1, -0.05) is 187 Å². The van der Waals surface area contributed by atoms with Crippen molar-refractivity contribution in [3.63, 3.8) is 0 Å². The number of hydrogen-bond acceptors (Lipinski definition) is 4. The highest BCUT2D eigenvalue weighted by Crippen LogP contribution is 2.16. The van der Waals surface area contributed by atoms with Crippen LogP contribution in [-0.2, 0) is 4.79 Å². The molecular formula is C37H75NO4. The first-order valence-corrected chi connectivity index (χ1v) is 18.8. The molecule has 0 aliphatic carbocycles. The van der Waals surface area contributed by atoms with Crippen LogP contribution in [0.25, 0.3) is 0 Å². The summed E-state index contributed by atoms with van der Waals surface area (Å²) in [7, 11) is 0. The molecule has 42 heavy (non-hydrogen) atoms. The average molecular weight is 598 g/mol. The molecule has 3 atom stereocenters. The minimum atomic E-state index is -1.13. The second-order valence-electron chi connectivity index (χ2n) is 13.1. The quantitative estimate of drug-likeness (QED) is 0.0556.